The van der Waals surface area contributed by atoms with Crippen molar-refractivity contribution in [1.29, 1.82) is 5.41 Å². The smallest absolute Gasteiger partial charge is 0.258 e. The van der Waals surface area contributed by atoms with Gasteiger partial charge in [-0.1, -0.05) is 6.07 Å². The Hall–Kier alpha value is -1.07. The number of aromatic nitrogens is 1. The summed E-state index contributed by atoms with van der Waals surface area (Å²) in [5.41, 5.74) is 0.793. The molecular weight excluding hydrogens is 186 g/mol. The fourth-order valence-electron chi connectivity index (χ4n) is 0.865. The van der Waals surface area contributed by atoms with E-state index in [2.05, 4.69) is 4.98 Å². The number of rotatable bonds is 2. The molecule has 0 saturated carbocycles. The highest BCUT2D eigenvalue weighted by Crippen LogP contribution is 2.14. The topological polar surface area (TPSA) is 72.0 Å². The number of nitrogens with two attached hydrogens (primary N) is 1. The minimum Gasteiger partial charge on any atom is -0.463 e. The van der Waals surface area contributed by atoms with Crippen LogP contribution < -0.4 is 5.14 Å². The largest absolute Gasteiger partial charge is 0.463 e. The van der Waals surface area contributed by atoms with E-state index in [0.717, 1.165) is 17.6 Å². The lowest BCUT2D eigenvalue weighted by atomic mass is 10.2. The maximum absolute atomic E-state index is 7.21. The molecule has 0 amide bonds. The fraction of sp³-hybridized carbons (Fsp3) is 0.250. The van der Waals surface area contributed by atoms with Gasteiger partial charge in [0, 0.05) is 18.1 Å². The van der Waals surface area contributed by atoms with Crippen molar-refractivity contribution in [3.63, 3.8) is 0 Å². The molecule has 70 valence electrons. The quantitative estimate of drug-likeness (QED) is 0.430. The first-order valence-electron chi connectivity index (χ1n) is 3.77. The summed E-state index contributed by atoms with van der Waals surface area (Å²) in [5.74, 6) is 0. The average molecular weight is 197 g/mol. The molecule has 1 unspecified atom stereocenters. The summed E-state index contributed by atoms with van der Waals surface area (Å²) in [7, 11) is 0. The van der Waals surface area contributed by atoms with Crippen molar-refractivity contribution in [1.82, 2.24) is 4.98 Å². The SMILES string of the molecule is CC(OC(=N)SN)c1ccccn1. The molecule has 0 spiro atoms. The third-order valence-electron chi connectivity index (χ3n) is 1.50. The van der Waals surface area contributed by atoms with Crippen molar-refractivity contribution in [2.24, 2.45) is 5.14 Å². The van der Waals surface area contributed by atoms with Gasteiger partial charge in [0.1, 0.15) is 6.10 Å². The van der Waals surface area contributed by atoms with Crippen molar-refractivity contribution in [3.8, 4) is 0 Å². The predicted molar refractivity (Wildman–Crippen MR) is 53.2 cm³/mol. The lowest BCUT2D eigenvalue weighted by molar-refractivity contribution is 0.214. The summed E-state index contributed by atoms with van der Waals surface area (Å²) in [6.07, 6.45) is 1.46. The van der Waals surface area contributed by atoms with Crippen LogP contribution in [-0.2, 0) is 4.74 Å². The number of ether oxygens (including phenoxy) is 1. The van der Waals surface area contributed by atoms with Crippen LogP contribution in [0.2, 0.25) is 0 Å². The van der Waals surface area contributed by atoms with Crippen LogP contribution in [0.5, 0.6) is 0 Å². The number of hydrogen-bond acceptors (Lipinski definition) is 5. The van der Waals surface area contributed by atoms with Gasteiger partial charge < -0.3 is 4.74 Å². The van der Waals surface area contributed by atoms with Gasteiger partial charge >= 0.3 is 0 Å². The zero-order chi connectivity index (χ0) is 9.68. The molecule has 13 heavy (non-hydrogen) atoms. The lowest BCUT2D eigenvalue weighted by Crippen LogP contribution is -2.07. The van der Waals surface area contributed by atoms with Crippen LogP contribution in [0.4, 0.5) is 0 Å². The first-order valence-corrected chi connectivity index (χ1v) is 4.65. The van der Waals surface area contributed by atoms with Crippen LogP contribution in [0.25, 0.3) is 0 Å². The molecule has 0 fully saturated rings. The lowest BCUT2D eigenvalue weighted by Gasteiger charge is -2.12. The molecule has 4 nitrogen and oxygen atoms in total. The van der Waals surface area contributed by atoms with Gasteiger partial charge in [-0.2, -0.15) is 0 Å². The first kappa shape index (κ1) is 10.0. The molecule has 5 heteroatoms. The van der Waals surface area contributed by atoms with Crippen LogP contribution >= 0.6 is 11.9 Å². The van der Waals surface area contributed by atoms with Crippen molar-refractivity contribution >= 4 is 17.2 Å². The minimum atomic E-state index is -0.232. The highest BCUT2D eigenvalue weighted by molar-refractivity contribution is 8.11. The third kappa shape index (κ3) is 3.04. The van der Waals surface area contributed by atoms with Crippen LogP contribution in [0.15, 0.2) is 24.4 Å². The summed E-state index contributed by atoms with van der Waals surface area (Å²) < 4.78 is 5.14. The molecule has 1 aromatic heterocycles. The second-order valence-corrected chi connectivity index (χ2v) is 3.03. The maximum Gasteiger partial charge on any atom is 0.258 e. The molecule has 0 bridgehead atoms. The Morgan fingerprint density at radius 3 is 3.00 bits per heavy atom. The predicted octanol–water partition coefficient (Wildman–Crippen LogP) is 1.70. The van der Waals surface area contributed by atoms with E-state index in [0.29, 0.717) is 0 Å². The Balaban J connectivity index is 2.59. The summed E-state index contributed by atoms with van der Waals surface area (Å²) in [6, 6.07) is 5.56. The summed E-state index contributed by atoms with van der Waals surface area (Å²) in [6.45, 7) is 1.83. The first-order chi connectivity index (χ1) is 6.24. The van der Waals surface area contributed by atoms with E-state index >= 15 is 0 Å². The Kier molecular flexibility index (Phi) is 3.72. The van der Waals surface area contributed by atoms with Crippen molar-refractivity contribution in [2.45, 2.75) is 13.0 Å². The Labute approximate surface area is 81.1 Å². The summed E-state index contributed by atoms with van der Waals surface area (Å²) in [5, 5.41) is 12.3. The zero-order valence-corrected chi connectivity index (χ0v) is 8.04. The summed E-state index contributed by atoms with van der Waals surface area (Å²) in [4.78, 5) is 4.09. The van der Waals surface area contributed by atoms with Gasteiger partial charge in [-0.3, -0.25) is 15.5 Å². The van der Waals surface area contributed by atoms with Crippen LogP contribution in [0, 0.1) is 5.41 Å². The number of nitrogens with one attached hydrogen (secondary N) is 1. The highest BCUT2D eigenvalue weighted by Gasteiger charge is 2.08. The van der Waals surface area contributed by atoms with Gasteiger partial charge in [-0.25, -0.2) is 0 Å². The molecule has 1 atom stereocenters. The van der Waals surface area contributed by atoms with E-state index in [1.807, 2.05) is 25.1 Å². The van der Waals surface area contributed by atoms with Crippen molar-refractivity contribution in [3.05, 3.63) is 30.1 Å². The van der Waals surface area contributed by atoms with E-state index in [1.165, 1.54) is 0 Å². The molecule has 0 aliphatic heterocycles. The molecule has 1 heterocycles. The van der Waals surface area contributed by atoms with E-state index < -0.39 is 0 Å². The van der Waals surface area contributed by atoms with Gasteiger partial charge in [0.05, 0.1) is 5.69 Å². The summed E-state index contributed by atoms with van der Waals surface area (Å²) >= 11 is 0.781. The van der Waals surface area contributed by atoms with Crippen molar-refractivity contribution in [2.75, 3.05) is 0 Å². The molecular formula is C8H11N3OS. The Morgan fingerprint density at radius 2 is 2.46 bits per heavy atom. The normalized spacial score (nSPS) is 12.2. The Morgan fingerprint density at radius 1 is 1.69 bits per heavy atom. The van der Waals surface area contributed by atoms with E-state index in [9.17, 15) is 0 Å². The van der Waals surface area contributed by atoms with E-state index in [1.54, 1.807) is 6.20 Å². The second-order valence-electron chi connectivity index (χ2n) is 2.42. The molecule has 0 aromatic carbocycles. The minimum absolute atomic E-state index is 0.00171. The molecule has 1 aromatic rings. The molecule has 3 N–H and O–H groups in total. The van der Waals surface area contributed by atoms with Gasteiger partial charge in [-0.15, -0.1) is 0 Å². The molecule has 0 saturated heterocycles. The number of nitrogens with zero attached hydrogens (tertiary/aromatic N) is 1. The molecule has 0 radical (unpaired) electrons. The monoisotopic (exact) mass is 197 g/mol. The third-order valence-corrected chi connectivity index (χ3v) is 1.81. The molecule has 1 rings (SSSR count). The van der Waals surface area contributed by atoms with E-state index in [-0.39, 0.29) is 11.3 Å². The van der Waals surface area contributed by atoms with Gasteiger partial charge in [0.15, 0.2) is 0 Å². The Bertz CT molecular complexity index is 278. The fourth-order valence-corrected chi connectivity index (χ4v) is 1.07. The van der Waals surface area contributed by atoms with Gasteiger partial charge in [0.25, 0.3) is 5.23 Å². The average Bonchev–Trinajstić information content (AvgIpc) is 2.19. The maximum atomic E-state index is 7.21. The van der Waals surface area contributed by atoms with Crippen LogP contribution in [0.3, 0.4) is 0 Å². The van der Waals surface area contributed by atoms with Crippen molar-refractivity contribution < 1.29 is 4.74 Å². The molecule has 0 aliphatic rings. The zero-order valence-electron chi connectivity index (χ0n) is 7.23. The van der Waals surface area contributed by atoms with Gasteiger partial charge in [0.2, 0.25) is 0 Å². The van der Waals surface area contributed by atoms with E-state index in [4.69, 9.17) is 15.3 Å². The second kappa shape index (κ2) is 4.84. The number of pyridine rings is 1. The van der Waals surface area contributed by atoms with Gasteiger partial charge in [-0.05, 0) is 19.1 Å². The molecule has 0 aliphatic carbocycles. The van der Waals surface area contributed by atoms with Crippen LogP contribution in [0.1, 0.15) is 18.7 Å². The number of hydrogen-bond donors (Lipinski definition) is 2. The standard InChI is InChI=1S/C8H11N3OS/c1-6(12-8(9)13-10)7-4-2-3-5-11-7/h2-6,9H,10H2,1H3. The highest BCUT2D eigenvalue weighted by atomic mass is 32.2. The van der Waals surface area contributed by atoms with Crippen LogP contribution in [-0.4, -0.2) is 10.2 Å².